The molecule has 1 aromatic rings. The van der Waals surface area contributed by atoms with Gasteiger partial charge < -0.3 is 14.5 Å². The minimum atomic E-state index is -0.260. The first-order valence-corrected chi connectivity index (χ1v) is 8.37. The van der Waals surface area contributed by atoms with Crippen molar-refractivity contribution in [1.82, 2.24) is 9.80 Å². The zero-order valence-corrected chi connectivity index (χ0v) is 13.7. The van der Waals surface area contributed by atoms with Crippen LogP contribution >= 0.6 is 0 Å². The highest BCUT2D eigenvalue weighted by Crippen LogP contribution is 2.16. The lowest BCUT2D eigenvalue weighted by Gasteiger charge is -2.35. The zero-order chi connectivity index (χ0) is 16.2. The molecule has 0 bridgehead atoms. The number of carbonyl (C=O) groups is 2. The van der Waals surface area contributed by atoms with Crippen molar-refractivity contribution in [3.8, 4) is 0 Å². The second-order valence-electron chi connectivity index (χ2n) is 6.37. The highest BCUT2D eigenvalue weighted by molar-refractivity contribution is 5.82. The summed E-state index contributed by atoms with van der Waals surface area (Å²) in [7, 11) is 0. The Hall–Kier alpha value is -1.88. The number of hydrogen-bond acceptors (Lipinski definition) is 3. The van der Waals surface area contributed by atoms with E-state index in [1.54, 1.807) is 0 Å². The number of benzene rings is 1. The molecule has 2 aliphatic heterocycles. The second kappa shape index (κ2) is 7.13. The highest BCUT2D eigenvalue weighted by Gasteiger charge is 2.31. The van der Waals surface area contributed by atoms with E-state index in [1.807, 2.05) is 34.9 Å². The summed E-state index contributed by atoms with van der Waals surface area (Å²) in [4.78, 5) is 28.4. The third kappa shape index (κ3) is 3.91. The Labute approximate surface area is 137 Å². The van der Waals surface area contributed by atoms with E-state index in [0.717, 1.165) is 18.4 Å². The van der Waals surface area contributed by atoms with Crippen LogP contribution in [0.4, 0.5) is 0 Å². The van der Waals surface area contributed by atoms with E-state index >= 15 is 0 Å². The molecule has 2 heterocycles. The van der Waals surface area contributed by atoms with Crippen molar-refractivity contribution in [2.45, 2.75) is 32.3 Å². The van der Waals surface area contributed by atoms with Crippen LogP contribution in [0.5, 0.6) is 0 Å². The maximum Gasteiger partial charge on any atom is 0.251 e. The molecule has 124 valence electrons. The van der Waals surface area contributed by atoms with Gasteiger partial charge in [0.05, 0.1) is 6.42 Å². The summed E-state index contributed by atoms with van der Waals surface area (Å²) >= 11 is 0. The average Bonchev–Trinajstić information content (AvgIpc) is 3.09. The van der Waals surface area contributed by atoms with Gasteiger partial charge in [-0.15, -0.1) is 0 Å². The first kappa shape index (κ1) is 16.0. The third-order valence-corrected chi connectivity index (χ3v) is 4.59. The van der Waals surface area contributed by atoms with Crippen molar-refractivity contribution < 1.29 is 14.3 Å². The lowest BCUT2D eigenvalue weighted by Crippen LogP contribution is -2.53. The molecule has 5 nitrogen and oxygen atoms in total. The van der Waals surface area contributed by atoms with Gasteiger partial charge in [0.15, 0.2) is 0 Å². The summed E-state index contributed by atoms with van der Waals surface area (Å²) in [6.07, 6.45) is 1.96. The van der Waals surface area contributed by atoms with Crippen LogP contribution in [0.2, 0.25) is 0 Å². The van der Waals surface area contributed by atoms with E-state index in [1.165, 1.54) is 5.56 Å². The molecule has 2 aliphatic rings. The van der Waals surface area contributed by atoms with Gasteiger partial charge in [-0.05, 0) is 25.3 Å². The normalized spacial score (nSPS) is 21.5. The summed E-state index contributed by atoms with van der Waals surface area (Å²) in [5.74, 6) is 0.230. The van der Waals surface area contributed by atoms with Gasteiger partial charge in [-0.2, -0.15) is 0 Å². The first-order chi connectivity index (χ1) is 11.1. The molecule has 1 unspecified atom stereocenters. The standard InChI is InChI=1S/C18H24N2O3/c1-14-4-2-5-15(12-14)13-17(21)19-7-9-20(10-8-19)18(22)16-6-3-11-23-16/h2,4-5,12,16H,3,6-11,13H2,1H3. The van der Waals surface area contributed by atoms with E-state index in [9.17, 15) is 9.59 Å². The molecule has 2 amide bonds. The molecule has 3 rings (SSSR count). The van der Waals surface area contributed by atoms with Crippen molar-refractivity contribution >= 4 is 11.8 Å². The molecular weight excluding hydrogens is 292 g/mol. The Morgan fingerprint density at radius 1 is 1.17 bits per heavy atom. The fraction of sp³-hybridized carbons (Fsp3) is 0.556. The van der Waals surface area contributed by atoms with Gasteiger partial charge in [0, 0.05) is 32.8 Å². The van der Waals surface area contributed by atoms with Crippen molar-refractivity contribution in [3.63, 3.8) is 0 Å². The maximum absolute atomic E-state index is 12.4. The molecular formula is C18H24N2O3. The number of piperazine rings is 1. The quantitative estimate of drug-likeness (QED) is 0.847. The number of amides is 2. The molecule has 1 aromatic carbocycles. The molecule has 0 spiro atoms. The summed E-state index contributed by atoms with van der Waals surface area (Å²) in [6.45, 7) is 5.16. The van der Waals surface area contributed by atoms with Crippen molar-refractivity contribution in [2.75, 3.05) is 32.8 Å². The van der Waals surface area contributed by atoms with Crippen molar-refractivity contribution in [2.24, 2.45) is 0 Å². The van der Waals surface area contributed by atoms with Crippen LogP contribution in [0.15, 0.2) is 24.3 Å². The largest absolute Gasteiger partial charge is 0.368 e. The Morgan fingerprint density at radius 2 is 1.91 bits per heavy atom. The monoisotopic (exact) mass is 316 g/mol. The Bertz CT molecular complexity index is 573. The van der Waals surface area contributed by atoms with Crippen LogP contribution in [-0.4, -0.2) is 60.5 Å². The van der Waals surface area contributed by atoms with E-state index < -0.39 is 0 Å². The molecule has 2 fully saturated rings. The smallest absolute Gasteiger partial charge is 0.251 e. The number of nitrogens with zero attached hydrogens (tertiary/aromatic N) is 2. The van der Waals surface area contributed by atoms with Gasteiger partial charge in [0.1, 0.15) is 6.10 Å². The van der Waals surface area contributed by atoms with Gasteiger partial charge in [-0.25, -0.2) is 0 Å². The van der Waals surface area contributed by atoms with Gasteiger partial charge in [-0.3, -0.25) is 9.59 Å². The van der Waals surface area contributed by atoms with Crippen LogP contribution in [-0.2, 0) is 20.7 Å². The summed E-state index contributed by atoms with van der Waals surface area (Å²) in [5, 5.41) is 0. The molecule has 0 radical (unpaired) electrons. The molecule has 0 saturated carbocycles. The minimum Gasteiger partial charge on any atom is -0.368 e. The fourth-order valence-corrected chi connectivity index (χ4v) is 3.26. The number of ether oxygens (including phenoxy) is 1. The van der Waals surface area contributed by atoms with Gasteiger partial charge in [0.25, 0.3) is 5.91 Å². The lowest BCUT2D eigenvalue weighted by molar-refractivity contribution is -0.145. The minimum absolute atomic E-state index is 0.0910. The number of aryl methyl sites for hydroxylation is 1. The molecule has 5 heteroatoms. The molecule has 0 N–H and O–H groups in total. The van der Waals surface area contributed by atoms with Crippen LogP contribution in [0.1, 0.15) is 24.0 Å². The van der Waals surface area contributed by atoms with E-state index in [4.69, 9.17) is 4.74 Å². The number of hydrogen-bond donors (Lipinski definition) is 0. The SMILES string of the molecule is Cc1cccc(CC(=O)N2CCN(C(=O)C3CCCO3)CC2)c1. The third-order valence-electron chi connectivity index (χ3n) is 4.59. The average molecular weight is 316 g/mol. The molecule has 0 aliphatic carbocycles. The molecule has 23 heavy (non-hydrogen) atoms. The van der Waals surface area contributed by atoms with Crippen LogP contribution < -0.4 is 0 Å². The van der Waals surface area contributed by atoms with E-state index in [0.29, 0.717) is 39.2 Å². The molecule has 2 saturated heterocycles. The van der Waals surface area contributed by atoms with E-state index in [2.05, 4.69) is 6.07 Å². The Morgan fingerprint density at radius 3 is 2.57 bits per heavy atom. The van der Waals surface area contributed by atoms with Crippen molar-refractivity contribution in [1.29, 1.82) is 0 Å². The van der Waals surface area contributed by atoms with Gasteiger partial charge in [-0.1, -0.05) is 29.8 Å². The predicted molar refractivity (Wildman–Crippen MR) is 87.0 cm³/mol. The fourth-order valence-electron chi connectivity index (χ4n) is 3.26. The second-order valence-corrected chi connectivity index (χ2v) is 6.37. The van der Waals surface area contributed by atoms with Gasteiger partial charge >= 0.3 is 0 Å². The van der Waals surface area contributed by atoms with Crippen LogP contribution in [0, 0.1) is 6.92 Å². The summed E-state index contributed by atoms with van der Waals surface area (Å²) < 4.78 is 5.46. The maximum atomic E-state index is 12.4. The lowest BCUT2D eigenvalue weighted by atomic mass is 10.1. The predicted octanol–water partition coefficient (Wildman–Crippen LogP) is 1.39. The Balaban J connectivity index is 1.50. The van der Waals surface area contributed by atoms with Crippen LogP contribution in [0.25, 0.3) is 0 Å². The summed E-state index contributed by atoms with van der Waals surface area (Å²) in [5.41, 5.74) is 2.22. The topological polar surface area (TPSA) is 49.9 Å². The Kier molecular flexibility index (Phi) is 4.96. The highest BCUT2D eigenvalue weighted by atomic mass is 16.5. The van der Waals surface area contributed by atoms with Crippen LogP contribution in [0.3, 0.4) is 0 Å². The number of rotatable bonds is 3. The summed E-state index contributed by atoms with van der Waals surface area (Å²) in [6, 6.07) is 8.05. The molecule has 1 atom stereocenters. The van der Waals surface area contributed by atoms with E-state index in [-0.39, 0.29) is 17.9 Å². The van der Waals surface area contributed by atoms with Crippen molar-refractivity contribution in [3.05, 3.63) is 35.4 Å². The number of carbonyl (C=O) groups excluding carboxylic acids is 2. The first-order valence-electron chi connectivity index (χ1n) is 8.37. The zero-order valence-electron chi connectivity index (χ0n) is 13.7. The molecule has 0 aromatic heterocycles. The van der Waals surface area contributed by atoms with Gasteiger partial charge in [0.2, 0.25) is 5.91 Å².